The van der Waals surface area contributed by atoms with Crippen LogP contribution >= 0.6 is 0 Å². The van der Waals surface area contributed by atoms with Crippen LogP contribution in [0.25, 0.3) is 66.5 Å². The highest BCUT2D eigenvalue weighted by atomic mass is 15.0. The van der Waals surface area contributed by atoms with Crippen molar-refractivity contribution in [1.82, 2.24) is 9.13 Å². The fraction of sp³-hybridized carbons (Fsp3) is 0.0732. The summed E-state index contributed by atoms with van der Waals surface area (Å²) in [4.78, 5) is 0. The molecule has 8 aromatic rings. The number of para-hydroxylation sites is 2. The van der Waals surface area contributed by atoms with Gasteiger partial charge in [0.25, 0.3) is 0 Å². The lowest BCUT2D eigenvalue weighted by Crippen LogP contribution is -2.15. The van der Waals surface area contributed by atoms with E-state index in [-0.39, 0.29) is 5.41 Å². The van der Waals surface area contributed by atoms with Crippen molar-refractivity contribution >= 4 is 32.7 Å². The molecule has 0 saturated heterocycles. The number of hydrogen-bond donors (Lipinski definition) is 0. The van der Waals surface area contributed by atoms with Gasteiger partial charge in [-0.3, -0.25) is 0 Å². The molecule has 0 bridgehead atoms. The standard InChI is InChI=1S/C41H30N2/c1-41(2)35-19-11-9-17-31(35)32-24-22-30(26-36(32)41)43-37-20-12-10-18-33(37)34-23-21-28-25-38(27-13-5-3-6-14-27)42(39(28)40(34)43)29-15-7-4-8-16-29/h3-26H,1-2H3. The van der Waals surface area contributed by atoms with Gasteiger partial charge in [-0.1, -0.05) is 123 Å². The van der Waals surface area contributed by atoms with Crippen LogP contribution in [0.4, 0.5) is 0 Å². The van der Waals surface area contributed by atoms with E-state index < -0.39 is 0 Å². The zero-order chi connectivity index (χ0) is 28.7. The van der Waals surface area contributed by atoms with Gasteiger partial charge in [0.15, 0.2) is 0 Å². The molecule has 2 nitrogen and oxygen atoms in total. The first kappa shape index (κ1) is 24.3. The van der Waals surface area contributed by atoms with Crippen LogP contribution in [0.2, 0.25) is 0 Å². The van der Waals surface area contributed by atoms with E-state index in [9.17, 15) is 0 Å². The molecular weight excluding hydrogens is 520 g/mol. The van der Waals surface area contributed by atoms with Crippen LogP contribution < -0.4 is 0 Å². The zero-order valence-corrected chi connectivity index (χ0v) is 24.3. The van der Waals surface area contributed by atoms with Crippen molar-refractivity contribution < 1.29 is 0 Å². The molecule has 1 aliphatic carbocycles. The highest BCUT2D eigenvalue weighted by Gasteiger charge is 2.35. The van der Waals surface area contributed by atoms with Gasteiger partial charge in [0.2, 0.25) is 0 Å². The lowest BCUT2D eigenvalue weighted by atomic mass is 9.82. The minimum Gasteiger partial charge on any atom is -0.307 e. The predicted octanol–water partition coefficient (Wildman–Crippen LogP) is 10.7. The summed E-state index contributed by atoms with van der Waals surface area (Å²) in [5, 5.41) is 3.76. The molecule has 204 valence electrons. The third-order valence-electron chi connectivity index (χ3n) is 9.51. The summed E-state index contributed by atoms with van der Waals surface area (Å²) in [5.41, 5.74) is 13.8. The summed E-state index contributed by atoms with van der Waals surface area (Å²) >= 11 is 0. The molecule has 0 aliphatic heterocycles. The van der Waals surface area contributed by atoms with Gasteiger partial charge in [0.05, 0.1) is 22.2 Å². The predicted molar refractivity (Wildman–Crippen MR) is 181 cm³/mol. The number of rotatable bonds is 3. The highest BCUT2D eigenvalue weighted by Crippen LogP contribution is 2.50. The average molecular weight is 551 g/mol. The summed E-state index contributed by atoms with van der Waals surface area (Å²) in [5.74, 6) is 0. The van der Waals surface area contributed by atoms with Crippen LogP contribution in [0, 0.1) is 0 Å². The van der Waals surface area contributed by atoms with E-state index >= 15 is 0 Å². The largest absolute Gasteiger partial charge is 0.307 e. The van der Waals surface area contributed by atoms with Gasteiger partial charge in [-0.25, -0.2) is 0 Å². The van der Waals surface area contributed by atoms with Gasteiger partial charge < -0.3 is 9.13 Å². The summed E-state index contributed by atoms with van der Waals surface area (Å²) < 4.78 is 4.95. The van der Waals surface area contributed by atoms with E-state index in [4.69, 9.17) is 0 Å². The Bertz CT molecular complexity index is 2350. The van der Waals surface area contributed by atoms with Crippen molar-refractivity contribution in [2.75, 3.05) is 0 Å². The summed E-state index contributed by atoms with van der Waals surface area (Å²) in [6, 6.07) is 53.3. The maximum Gasteiger partial charge on any atom is 0.0788 e. The maximum absolute atomic E-state index is 2.50. The molecule has 0 spiro atoms. The Morgan fingerprint density at radius 3 is 2.00 bits per heavy atom. The minimum absolute atomic E-state index is 0.0687. The van der Waals surface area contributed by atoms with Gasteiger partial charge >= 0.3 is 0 Å². The van der Waals surface area contributed by atoms with Crippen LogP contribution in [0.5, 0.6) is 0 Å². The maximum atomic E-state index is 2.50. The van der Waals surface area contributed by atoms with Gasteiger partial charge in [-0.15, -0.1) is 0 Å². The van der Waals surface area contributed by atoms with E-state index in [2.05, 4.69) is 169 Å². The second-order valence-electron chi connectivity index (χ2n) is 12.2. The smallest absolute Gasteiger partial charge is 0.0788 e. The Morgan fingerprint density at radius 2 is 1.16 bits per heavy atom. The molecule has 9 rings (SSSR count). The summed E-state index contributed by atoms with van der Waals surface area (Å²) in [7, 11) is 0. The monoisotopic (exact) mass is 550 g/mol. The number of nitrogens with zero attached hydrogens (tertiary/aromatic N) is 2. The van der Waals surface area contributed by atoms with E-state index in [1.807, 2.05) is 0 Å². The van der Waals surface area contributed by atoms with Crippen LogP contribution in [-0.4, -0.2) is 9.13 Å². The molecule has 0 fully saturated rings. The molecule has 2 heterocycles. The van der Waals surface area contributed by atoms with Gasteiger partial charge in [0.1, 0.15) is 0 Å². The van der Waals surface area contributed by atoms with E-state index in [1.165, 1.54) is 71.9 Å². The SMILES string of the molecule is CC1(C)c2ccccc2-c2ccc(-n3c4ccccc4c4ccc5cc(-c6ccccc6)n(-c6ccccc6)c5c43)cc21. The van der Waals surface area contributed by atoms with E-state index in [1.54, 1.807) is 0 Å². The number of hydrogen-bond acceptors (Lipinski definition) is 0. The van der Waals surface area contributed by atoms with Crippen molar-refractivity contribution in [2.24, 2.45) is 0 Å². The third-order valence-corrected chi connectivity index (χ3v) is 9.51. The first-order valence-electron chi connectivity index (χ1n) is 15.0. The minimum atomic E-state index is -0.0687. The van der Waals surface area contributed by atoms with Crippen LogP contribution in [0.3, 0.4) is 0 Å². The average Bonchev–Trinajstić information content (AvgIpc) is 3.68. The van der Waals surface area contributed by atoms with Gasteiger partial charge in [0, 0.05) is 32.9 Å². The van der Waals surface area contributed by atoms with Crippen LogP contribution in [-0.2, 0) is 5.41 Å². The topological polar surface area (TPSA) is 9.86 Å². The van der Waals surface area contributed by atoms with Gasteiger partial charge in [-0.2, -0.15) is 0 Å². The number of benzene rings is 6. The molecule has 0 unspecified atom stereocenters. The molecular formula is C41H30N2. The number of aromatic nitrogens is 2. The quantitative estimate of drug-likeness (QED) is 0.207. The van der Waals surface area contributed by atoms with Crippen molar-refractivity contribution in [2.45, 2.75) is 19.3 Å². The first-order chi connectivity index (χ1) is 21.1. The van der Waals surface area contributed by atoms with Gasteiger partial charge in [-0.05, 0) is 64.2 Å². The Balaban J connectivity index is 1.43. The zero-order valence-electron chi connectivity index (χ0n) is 24.3. The highest BCUT2D eigenvalue weighted by molar-refractivity contribution is 6.19. The molecule has 0 amide bonds. The van der Waals surface area contributed by atoms with Crippen molar-refractivity contribution in [3.63, 3.8) is 0 Å². The molecule has 0 atom stereocenters. The molecule has 2 aromatic heterocycles. The van der Waals surface area contributed by atoms with Crippen molar-refractivity contribution in [1.29, 1.82) is 0 Å². The van der Waals surface area contributed by atoms with Crippen molar-refractivity contribution in [3.8, 4) is 33.8 Å². The molecule has 1 aliphatic rings. The second kappa shape index (κ2) is 8.83. The molecule has 2 heteroatoms. The second-order valence-corrected chi connectivity index (χ2v) is 12.2. The number of fused-ring (bicyclic) bond motifs is 8. The lowest BCUT2D eigenvalue weighted by Gasteiger charge is -2.22. The Kier molecular flexibility index (Phi) is 4.99. The molecule has 6 aromatic carbocycles. The fourth-order valence-electron chi connectivity index (χ4n) is 7.51. The summed E-state index contributed by atoms with van der Waals surface area (Å²) in [6.45, 7) is 4.72. The lowest BCUT2D eigenvalue weighted by molar-refractivity contribution is 0.660. The Labute approximate surface area is 251 Å². The summed E-state index contributed by atoms with van der Waals surface area (Å²) in [6.07, 6.45) is 0. The Hall–Kier alpha value is -5.34. The van der Waals surface area contributed by atoms with E-state index in [0.717, 1.165) is 5.69 Å². The van der Waals surface area contributed by atoms with Crippen LogP contribution in [0.1, 0.15) is 25.0 Å². The molecule has 0 N–H and O–H groups in total. The fourth-order valence-corrected chi connectivity index (χ4v) is 7.51. The van der Waals surface area contributed by atoms with Crippen LogP contribution in [0.15, 0.2) is 146 Å². The van der Waals surface area contributed by atoms with E-state index in [0.29, 0.717) is 0 Å². The molecule has 0 saturated carbocycles. The molecule has 0 radical (unpaired) electrons. The van der Waals surface area contributed by atoms with Crippen molar-refractivity contribution in [3.05, 3.63) is 157 Å². The third kappa shape index (κ3) is 3.35. The first-order valence-corrected chi connectivity index (χ1v) is 15.0. The Morgan fingerprint density at radius 1 is 0.465 bits per heavy atom. The normalized spacial score (nSPS) is 13.5. The molecule has 43 heavy (non-hydrogen) atoms.